The molecule has 2 aromatic rings. The Labute approximate surface area is 151 Å². The topological polar surface area (TPSA) is 43.4 Å². The fourth-order valence-electron chi connectivity index (χ4n) is 4.43. The van der Waals surface area contributed by atoms with E-state index < -0.39 is 32.1 Å². The maximum absolute atomic E-state index is 14.9. The molecule has 1 saturated carbocycles. The van der Waals surface area contributed by atoms with Gasteiger partial charge in [-0.15, -0.1) is 0 Å². The first-order chi connectivity index (χ1) is 12.4. The van der Waals surface area contributed by atoms with Crippen molar-refractivity contribution < 1.29 is 21.9 Å². The highest BCUT2D eigenvalue weighted by Gasteiger charge is 2.58. The molecule has 1 aliphatic heterocycles. The van der Waals surface area contributed by atoms with Crippen LogP contribution in [0.2, 0.25) is 0 Å². The van der Waals surface area contributed by atoms with Gasteiger partial charge in [0.1, 0.15) is 10.6 Å². The van der Waals surface area contributed by atoms with Crippen LogP contribution in [0.3, 0.4) is 0 Å². The summed E-state index contributed by atoms with van der Waals surface area (Å²) in [4.78, 5) is 0.145. The third-order valence-corrected chi connectivity index (χ3v) is 8.33. The fraction of sp³-hybridized carbons (Fsp3) is 0.400. The molecule has 2 aliphatic rings. The van der Waals surface area contributed by atoms with Gasteiger partial charge in [0.25, 0.3) is 0 Å². The second-order valence-electron chi connectivity index (χ2n) is 7.19. The standard InChI is InChI=1S/C20H20F2O3S/c1-13-5-7-15(8-6-13)26(23,24)20-11-3-2-4-14(20)12-25-19-17(22)10-9-16(21)18(19)20/h5-10,14H,2-4,11-12H2,1H3/t14?,20-/m0/s1. The van der Waals surface area contributed by atoms with Crippen LogP contribution in [0.4, 0.5) is 8.78 Å². The van der Waals surface area contributed by atoms with Crippen molar-refractivity contribution in [3.05, 3.63) is 59.2 Å². The third kappa shape index (κ3) is 2.31. The van der Waals surface area contributed by atoms with Crippen LogP contribution in [0, 0.1) is 24.5 Å². The highest BCUT2D eigenvalue weighted by molar-refractivity contribution is 7.92. The van der Waals surface area contributed by atoms with Crippen molar-refractivity contribution in [2.75, 3.05) is 6.61 Å². The van der Waals surface area contributed by atoms with E-state index in [1.807, 2.05) is 6.92 Å². The van der Waals surface area contributed by atoms with E-state index in [0.717, 1.165) is 24.1 Å². The van der Waals surface area contributed by atoms with Gasteiger partial charge in [0.05, 0.1) is 17.1 Å². The Kier molecular flexibility index (Phi) is 4.06. The summed E-state index contributed by atoms with van der Waals surface area (Å²) in [7, 11) is -3.94. The summed E-state index contributed by atoms with van der Waals surface area (Å²) < 4.78 is 60.7. The predicted molar refractivity (Wildman–Crippen MR) is 93.9 cm³/mol. The van der Waals surface area contributed by atoms with E-state index in [4.69, 9.17) is 4.74 Å². The van der Waals surface area contributed by atoms with Crippen molar-refractivity contribution in [3.63, 3.8) is 0 Å². The third-order valence-electron chi connectivity index (χ3n) is 5.73. The summed E-state index contributed by atoms with van der Waals surface area (Å²) in [6.45, 7) is 1.95. The van der Waals surface area contributed by atoms with Gasteiger partial charge < -0.3 is 4.74 Å². The summed E-state index contributed by atoms with van der Waals surface area (Å²) in [5, 5.41) is 0. The number of fused-ring (bicyclic) bond motifs is 3. The van der Waals surface area contributed by atoms with Gasteiger partial charge in [-0.25, -0.2) is 17.2 Å². The van der Waals surface area contributed by atoms with Gasteiger partial charge in [0.15, 0.2) is 21.4 Å². The van der Waals surface area contributed by atoms with E-state index >= 15 is 0 Å². The summed E-state index contributed by atoms with van der Waals surface area (Å²) in [5.74, 6) is -2.09. The Hall–Kier alpha value is -1.95. The number of hydrogen-bond donors (Lipinski definition) is 0. The molecule has 3 nitrogen and oxygen atoms in total. The van der Waals surface area contributed by atoms with E-state index in [0.29, 0.717) is 12.8 Å². The Bertz CT molecular complexity index is 954. The molecule has 2 atom stereocenters. The van der Waals surface area contributed by atoms with Crippen molar-refractivity contribution in [2.24, 2.45) is 5.92 Å². The normalized spacial score (nSPS) is 25.1. The molecule has 138 valence electrons. The maximum Gasteiger partial charge on any atom is 0.188 e. The first kappa shape index (κ1) is 17.5. The Morgan fingerprint density at radius 2 is 1.73 bits per heavy atom. The molecule has 0 radical (unpaired) electrons. The smallest absolute Gasteiger partial charge is 0.188 e. The molecule has 1 fully saturated rings. The number of halogens is 2. The van der Waals surface area contributed by atoms with Gasteiger partial charge in [-0.2, -0.15) is 0 Å². The van der Waals surface area contributed by atoms with Gasteiger partial charge in [0, 0.05) is 5.92 Å². The lowest BCUT2D eigenvalue weighted by molar-refractivity contribution is 0.124. The van der Waals surface area contributed by atoms with Crippen LogP contribution < -0.4 is 4.74 Å². The lowest BCUT2D eigenvalue weighted by Crippen LogP contribution is -2.50. The molecule has 0 saturated heterocycles. The maximum atomic E-state index is 14.9. The van der Waals surface area contributed by atoms with Crippen molar-refractivity contribution in [1.82, 2.24) is 0 Å². The predicted octanol–water partition coefficient (Wildman–Crippen LogP) is 4.53. The molecule has 26 heavy (non-hydrogen) atoms. The monoisotopic (exact) mass is 378 g/mol. The van der Waals surface area contributed by atoms with Gasteiger partial charge in [-0.05, 0) is 44.0 Å². The molecule has 1 heterocycles. The van der Waals surface area contributed by atoms with E-state index in [1.165, 1.54) is 0 Å². The first-order valence-corrected chi connectivity index (χ1v) is 10.3. The van der Waals surface area contributed by atoms with E-state index in [1.54, 1.807) is 24.3 Å². The Balaban J connectivity index is 2.02. The lowest BCUT2D eigenvalue weighted by atomic mass is 9.73. The number of benzene rings is 2. The average molecular weight is 378 g/mol. The largest absolute Gasteiger partial charge is 0.490 e. The quantitative estimate of drug-likeness (QED) is 0.771. The van der Waals surface area contributed by atoms with Crippen LogP contribution in [0.15, 0.2) is 41.3 Å². The number of aryl methyl sites for hydroxylation is 1. The van der Waals surface area contributed by atoms with Crippen LogP contribution >= 0.6 is 0 Å². The number of hydrogen-bond acceptors (Lipinski definition) is 3. The summed E-state index contributed by atoms with van der Waals surface area (Å²) in [5.41, 5.74) is 0.806. The molecule has 1 aliphatic carbocycles. The van der Waals surface area contributed by atoms with Crippen molar-refractivity contribution in [2.45, 2.75) is 42.2 Å². The summed E-state index contributed by atoms with van der Waals surface area (Å²) in [6.07, 6.45) is 2.38. The van der Waals surface area contributed by atoms with E-state index in [9.17, 15) is 17.2 Å². The van der Waals surface area contributed by atoms with Crippen LogP contribution in [0.25, 0.3) is 0 Å². The van der Waals surface area contributed by atoms with E-state index in [-0.39, 0.29) is 29.2 Å². The second kappa shape index (κ2) is 6.05. The molecule has 1 unspecified atom stereocenters. The zero-order chi connectivity index (χ0) is 18.5. The molecule has 0 bridgehead atoms. The average Bonchev–Trinajstić information content (AvgIpc) is 2.64. The van der Waals surface area contributed by atoms with Gasteiger partial charge >= 0.3 is 0 Å². The van der Waals surface area contributed by atoms with Crippen LogP contribution in [-0.2, 0) is 14.6 Å². The van der Waals surface area contributed by atoms with Crippen molar-refractivity contribution in [3.8, 4) is 5.75 Å². The summed E-state index contributed by atoms with van der Waals surface area (Å²) >= 11 is 0. The lowest BCUT2D eigenvalue weighted by Gasteiger charge is -2.47. The molecule has 0 N–H and O–H groups in total. The van der Waals surface area contributed by atoms with Crippen LogP contribution in [-0.4, -0.2) is 15.0 Å². The first-order valence-electron chi connectivity index (χ1n) is 8.80. The minimum Gasteiger partial charge on any atom is -0.490 e. The minimum absolute atomic E-state index is 0.0818. The molecular weight excluding hydrogens is 358 g/mol. The minimum atomic E-state index is -3.94. The zero-order valence-electron chi connectivity index (χ0n) is 14.5. The van der Waals surface area contributed by atoms with Crippen molar-refractivity contribution >= 4 is 9.84 Å². The van der Waals surface area contributed by atoms with Crippen LogP contribution in [0.1, 0.15) is 36.8 Å². The number of rotatable bonds is 2. The molecular formula is C20H20F2O3S. The number of sulfone groups is 1. The van der Waals surface area contributed by atoms with E-state index in [2.05, 4.69) is 0 Å². The molecule has 2 aromatic carbocycles. The van der Waals surface area contributed by atoms with Gasteiger partial charge in [-0.1, -0.05) is 30.5 Å². The molecule has 0 aromatic heterocycles. The molecule has 6 heteroatoms. The summed E-state index contributed by atoms with van der Waals surface area (Å²) in [6, 6.07) is 8.55. The molecule has 0 spiro atoms. The Morgan fingerprint density at radius 3 is 2.46 bits per heavy atom. The van der Waals surface area contributed by atoms with Crippen LogP contribution in [0.5, 0.6) is 5.75 Å². The number of ether oxygens (including phenoxy) is 1. The molecule has 0 amide bonds. The molecule has 4 rings (SSSR count). The zero-order valence-corrected chi connectivity index (χ0v) is 15.3. The van der Waals surface area contributed by atoms with Gasteiger partial charge in [0.2, 0.25) is 0 Å². The highest BCUT2D eigenvalue weighted by Crippen LogP contribution is 2.56. The van der Waals surface area contributed by atoms with Gasteiger partial charge in [-0.3, -0.25) is 0 Å². The highest BCUT2D eigenvalue weighted by atomic mass is 32.2. The SMILES string of the molecule is Cc1ccc(S(=O)(=O)[C@@]23CCCCC2COc2c(F)ccc(F)c23)cc1. The second-order valence-corrected chi connectivity index (χ2v) is 9.40. The fourth-order valence-corrected chi connectivity index (χ4v) is 6.84. The van der Waals surface area contributed by atoms with Crippen molar-refractivity contribution in [1.29, 1.82) is 0 Å². The Morgan fingerprint density at radius 1 is 1.04 bits per heavy atom.